The van der Waals surface area contributed by atoms with Crippen LogP contribution in [-0.4, -0.2) is 5.71 Å². The molecule has 0 radical (unpaired) electrons. The lowest BCUT2D eigenvalue weighted by Crippen LogP contribution is -2.21. The van der Waals surface area contributed by atoms with Crippen molar-refractivity contribution in [1.29, 1.82) is 0 Å². The van der Waals surface area contributed by atoms with Crippen molar-refractivity contribution in [3.63, 3.8) is 0 Å². The summed E-state index contributed by atoms with van der Waals surface area (Å²) < 4.78 is 6.70. The largest absolute Gasteiger partial charge is 0.455 e. The second-order valence-corrected chi connectivity index (χ2v) is 14.5. The number of hydrogen-bond donors (Lipinski definition) is 0. The molecule has 0 saturated heterocycles. The lowest BCUT2D eigenvalue weighted by Gasteiger charge is -2.31. The van der Waals surface area contributed by atoms with Crippen LogP contribution in [0.25, 0.3) is 71.0 Å². The summed E-state index contributed by atoms with van der Waals surface area (Å²) in [6.45, 7) is 4.65. The zero-order valence-corrected chi connectivity index (χ0v) is 29.5. The Morgan fingerprint density at radius 3 is 2.08 bits per heavy atom. The van der Waals surface area contributed by atoms with Gasteiger partial charge >= 0.3 is 0 Å². The van der Waals surface area contributed by atoms with Crippen molar-refractivity contribution in [2.75, 3.05) is 0 Å². The maximum atomic E-state index is 6.70. The van der Waals surface area contributed by atoms with Crippen molar-refractivity contribution in [3.8, 4) is 11.1 Å². The molecule has 0 fully saturated rings. The third-order valence-corrected chi connectivity index (χ3v) is 11.5. The lowest BCUT2D eigenvalue weighted by molar-refractivity contribution is 0.514. The molecule has 1 aromatic heterocycles. The first kappa shape index (κ1) is 30.8. The fraction of sp³-hybridized carbons (Fsp3) is 0.140. The highest BCUT2D eigenvalue weighted by atomic mass is 16.3. The van der Waals surface area contributed by atoms with Gasteiger partial charge in [-0.15, -0.1) is 0 Å². The molecule has 1 aliphatic rings. The van der Waals surface area contributed by atoms with E-state index < -0.39 is 0 Å². The molecule has 2 nitrogen and oxygen atoms in total. The second kappa shape index (κ2) is 12.4. The van der Waals surface area contributed by atoms with Crippen molar-refractivity contribution in [3.05, 3.63) is 174 Å². The zero-order chi connectivity index (χ0) is 34.8. The Morgan fingerprint density at radius 1 is 0.596 bits per heavy atom. The molecule has 8 aromatic carbocycles. The van der Waals surface area contributed by atoms with Crippen LogP contribution in [0.15, 0.2) is 167 Å². The molecule has 10 rings (SSSR count). The highest BCUT2D eigenvalue weighted by Gasteiger charge is 2.30. The molecule has 3 unspecified atom stereocenters. The molecular weight excluding hydrogens is 631 g/mol. The standard InChI is InChI=1S/C50H39NO/c1-3-38-39(33-13-5-4-6-14-33)27-20-31(2)48(51-49(38)37-26-21-32-12-7-8-15-36(32)30-37)35-24-22-34(23-25-35)40-28-29-44-42-17-10-9-16-41(42)43-18-11-19-45-46(43)47(44)50(40)52-45/h4-19,21-31,38,49H,3,20H2,1-2H3/b39-27+,51-48?. The summed E-state index contributed by atoms with van der Waals surface area (Å²) in [5.41, 5.74) is 10.5. The first-order valence-corrected chi connectivity index (χ1v) is 18.7. The molecule has 0 aliphatic carbocycles. The zero-order valence-electron chi connectivity index (χ0n) is 29.5. The quantitative estimate of drug-likeness (QED) is 0.167. The van der Waals surface area contributed by atoms with Gasteiger partial charge in [0.25, 0.3) is 0 Å². The van der Waals surface area contributed by atoms with E-state index >= 15 is 0 Å². The molecule has 0 bridgehead atoms. The normalized spacial score (nSPS) is 19.2. The number of fused-ring (bicyclic) bond motifs is 4. The summed E-state index contributed by atoms with van der Waals surface area (Å²) in [6.07, 6.45) is 4.44. The van der Waals surface area contributed by atoms with Gasteiger partial charge in [-0.3, -0.25) is 4.99 Å². The number of nitrogens with zero attached hydrogens (tertiary/aromatic N) is 1. The average molecular weight is 670 g/mol. The fourth-order valence-corrected chi connectivity index (χ4v) is 8.94. The van der Waals surface area contributed by atoms with E-state index in [0.29, 0.717) is 0 Å². The molecule has 2 heteroatoms. The van der Waals surface area contributed by atoms with Crippen molar-refractivity contribution in [2.45, 2.75) is 32.7 Å². The summed E-state index contributed by atoms with van der Waals surface area (Å²) in [5.74, 6) is 0.502. The predicted molar refractivity (Wildman–Crippen MR) is 221 cm³/mol. The number of hydrogen-bond acceptors (Lipinski definition) is 2. The van der Waals surface area contributed by atoms with Crippen molar-refractivity contribution >= 4 is 65.5 Å². The van der Waals surface area contributed by atoms with Gasteiger partial charge < -0.3 is 4.42 Å². The molecule has 0 spiro atoms. The molecule has 9 aromatic rings. The van der Waals surface area contributed by atoms with Crippen LogP contribution in [0.5, 0.6) is 0 Å². The number of aliphatic imine (C=N–C) groups is 1. The third kappa shape index (κ3) is 4.89. The first-order valence-electron chi connectivity index (χ1n) is 18.7. The van der Waals surface area contributed by atoms with E-state index in [1.54, 1.807) is 0 Å². The van der Waals surface area contributed by atoms with Gasteiger partial charge in [0.2, 0.25) is 0 Å². The van der Waals surface area contributed by atoms with Crippen LogP contribution < -0.4 is 0 Å². The van der Waals surface area contributed by atoms with Gasteiger partial charge in [0.15, 0.2) is 0 Å². The van der Waals surface area contributed by atoms with Gasteiger partial charge in [0, 0.05) is 33.9 Å². The predicted octanol–water partition coefficient (Wildman–Crippen LogP) is 13.8. The van der Waals surface area contributed by atoms with Crippen LogP contribution >= 0.6 is 0 Å². The summed E-state index contributed by atoms with van der Waals surface area (Å²) in [6, 6.07) is 55.3. The van der Waals surface area contributed by atoms with Gasteiger partial charge in [-0.1, -0.05) is 153 Å². The van der Waals surface area contributed by atoms with E-state index in [2.05, 4.69) is 172 Å². The molecule has 52 heavy (non-hydrogen) atoms. The molecule has 0 saturated carbocycles. The molecule has 3 atom stereocenters. The van der Waals surface area contributed by atoms with Gasteiger partial charge in [0.05, 0.1) is 6.04 Å². The Bertz CT molecular complexity index is 2820. The molecule has 250 valence electrons. The maximum absolute atomic E-state index is 6.70. The van der Waals surface area contributed by atoms with Crippen LogP contribution in [0.4, 0.5) is 0 Å². The molecule has 2 heterocycles. The summed E-state index contributed by atoms with van der Waals surface area (Å²) in [4.78, 5) is 5.78. The third-order valence-electron chi connectivity index (χ3n) is 11.5. The minimum atomic E-state index is -0.0103. The smallest absolute Gasteiger partial charge is 0.143 e. The Hall–Kier alpha value is -5.99. The average Bonchev–Trinajstić information content (AvgIpc) is 3.60. The van der Waals surface area contributed by atoms with Crippen LogP contribution in [0.3, 0.4) is 0 Å². The van der Waals surface area contributed by atoms with E-state index in [4.69, 9.17) is 9.41 Å². The highest BCUT2D eigenvalue weighted by molar-refractivity contribution is 6.34. The minimum Gasteiger partial charge on any atom is -0.455 e. The van der Waals surface area contributed by atoms with E-state index in [0.717, 1.165) is 35.1 Å². The number of rotatable bonds is 5. The molecular formula is C50H39NO. The first-order chi connectivity index (χ1) is 25.7. The molecule has 0 amide bonds. The summed E-state index contributed by atoms with van der Waals surface area (Å²) in [7, 11) is 0. The fourth-order valence-electron chi connectivity index (χ4n) is 8.94. The number of furan rings is 1. The van der Waals surface area contributed by atoms with Gasteiger partial charge in [-0.25, -0.2) is 0 Å². The van der Waals surface area contributed by atoms with Crippen LogP contribution in [0.2, 0.25) is 0 Å². The SMILES string of the molecule is CCC1/C(c2ccccc2)=C/CC(C)C(c2ccc(-c3ccc4c5ccccc5c5cccc6oc3c4c65)cc2)=NC1c1ccc2ccccc2c1. The maximum Gasteiger partial charge on any atom is 0.143 e. The highest BCUT2D eigenvalue weighted by Crippen LogP contribution is 2.46. The van der Waals surface area contributed by atoms with Crippen molar-refractivity contribution < 1.29 is 4.42 Å². The van der Waals surface area contributed by atoms with E-state index in [-0.39, 0.29) is 17.9 Å². The molecule has 1 aliphatic heterocycles. The second-order valence-electron chi connectivity index (χ2n) is 14.5. The Balaban J connectivity index is 1.10. The topological polar surface area (TPSA) is 25.5 Å². The minimum absolute atomic E-state index is 0.0103. The van der Waals surface area contributed by atoms with Crippen LogP contribution in [0, 0.1) is 11.8 Å². The Labute approximate surface area is 304 Å². The number of benzene rings is 8. The summed E-state index contributed by atoms with van der Waals surface area (Å²) in [5, 5.41) is 9.98. The van der Waals surface area contributed by atoms with Gasteiger partial charge in [0.1, 0.15) is 11.2 Å². The Morgan fingerprint density at radius 2 is 1.29 bits per heavy atom. The van der Waals surface area contributed by atoms with E-state index in [1.165, 1.54) is 71.1 Å². The van der Waals surface area contributed by atoms with Crippen molar-refractivity contribution in [2.24, 2.45) is 16.8 Å². The Kier molecular flexibility index (Phi) is 7.32. The monoisotopic (exact) mass is 669 g/mol. The number of allylic oxidation sites excluding steroid dienone is 1. The van der Waals surface area contributed by atoms with Gasteiger partial charge in [-0.05, 0) is 91.2 Å². The van der Waals surface area contributed by atoms with E-state index in [9.17, 15) is 0 Å². The van der Waals surface area contributed by atoms with E-state index in [1.807, 2.05) is 0 Å². The van der Waals surface area contributed by atoms with Crippen molar-refractivity contribution in [1.82, 2.24) is 0 Å². The van der Waals surface area contributed by atoms with Crippen LogP contribution in [0.1, 0.15) is 49.4 Å². The molecule has 0 N–H and O–H groups in total. The lowest BCUT2D eigenvalue weighted by atomic mass is 9.78. The van der Waals surface area contributed by atoms with Crippen LogP contribution in [-0.2, 0) is 0 Å². The summed E-state index contributed by atoms with van der Waals surface area (Å²) >= 11 is 0. The van der Waals surface area contributed by atoms with Gasteiger partial charge in [-0.2, -0.15) is 0 Å².